The monoisotopic (exact) mass is 379 g/mol. The maximum atomic E-state index is 12.8. The van der Waals surface area contributed by atoms with Crippen LogP contribution in [0.3, 0.4) is 0 Å². The zero-order valence-corrected chi connectivity index (χ0v) is 14.7. The first-order valence-electron chi connectivity index (χ1n) is 8.02. The molecular formula is C17H16F3N5O2. The molecule has 3 aromatic rings. The van der Waals surface area contributed by atoms with Gasteiger partial charge in [0.25, 0.3) is 5.56 Å². The Morgan fingerprint density at radius 1 is 1.26 bits per heavy atom. The van der Waals surface area contributed by atoms with Crippen LogP contribution in [-0.4, -0.2) is 25.7 Å². The van der Waals surface area contributed by atoms with E-state index in [0.717, 1.165) is 12.1 Å². The molecule has 10 heteroatoms. The number of fused-ring (bicyclic) bond motifs is 1. The third-order valence-electron chi connectivity index (χ3n) is 4.06. The van der Waals surface area contributed by atoms with Gasteiger partial charge in [0, 0.05) is 6.92 Å². The minimum Gasteiger partial charge on any atom is -0.310 e. The summed E-state index contributed by atoms with van der Waals surface area (Å²) in [4.78, 5) is 30.5. The number of H-pyrrole nitrogens is 1. The quantitative estimate of drug-likeness (QED) is 0.732. The molecule has 2 heterocycles. The lowest BCUT2D eigenvalue weighted by Crippen LogP contribution is -2.14. The summed E-state index contributed by atoms with van der Waals surface area (Å²) in [5.74, 6) is -0.0173. The summed E-state index contributed by atoms with van der Waals surface area (Å²) in [5.41, 5.74) is -0.450. The number of amides is 1. The van der Waals surface area contributed by atoms with Crippen LogP contribution in [0.25, 0.3) is 11.0 Å². The van der Waals surface area contributed by atoms with Crippen LogP contribution in [0.4, 0.5) is 19.0 Å². The van der Waals surface area contributed by atoms with E-state index in [1.807, 2.05) is 0 Å². The SMILES string of the molecule is CC(=O)Nc1nn([C@H](C)c2ccc(C(F)(F)F)cc2)c2nc(C)[nH]c(=O)c12. The molecule has 27 heavy (non-hydrogen) atoms. The number of aromatic nitrogens is 4. The number of carbonyl (C=O) groups excluding carboxylic acids is 1. The number of anilines is 1. The van der Waals surface area contributed by atoms with Crippen LogP contribution < -0.4 is 10.9 Å². The molecule has 0 saturated carbocycles. The molecule has 2 aromatic heterocycles. The molecule has 0 fully saturated rings. The molecule has 7 nitrogen and oxygen atoms in total. The second-order valence-electron chi connectivity index (χ2n) is 6.12. The zero-order valence-electron chi connectivity index (χ0n) is 14.7. The number of aromatic amines is 1. The van der Waals surface area contributed by atoms with Gasteiger partial charge in [-0.05, 0) is 31.5 Å². The van der Waals surface area contributed by atoms with Gasteiger partial charge in [-0.15, -0.1) is 0 Å². The number of benzene rings is 1. The lowest BCUT2D eigenvalue weighted by molar-refractivity contribution is -0.137. The fourth-order valence-corrected chi connectivity index (χ4v) is 2.77. The highest BCUT2D eigenvalue weighted by Gasteiger charge is 2.30. The van der Waals surface area contributed by atoms with E-state index in [0.29, 0.717) is 11.4 Å². The molecule has 0 bridgehead atoms. The van der Waals surface area contributed by atoms with Gasteiger partial charge in [-0.25, -0.2) is 9.67 Å². The van der Waals surface area contributed by atoms with Crippen molar-refractivity contribution in [1.29, 1.82) is 0 Å². The van der Waals surface area contributed by atoms with E-state index in [2.05, 4.69) is 20.4 Å². The fourth-order valence-electron chi connectivity index (χ4n) is 2.77. The van der Waals surface area contributed by atoms with Gasteiger partial charge < -0.3 is 10.3 Å². The Labute approximate surface area is 151 Å². The number of nitrogens with zero attached hydrogens (tertiary/aromatic N) is 3. The van der Waals surface area contributed by atoms with Crippen LogP contribution in [0.1, 0.15) is 36.8 Å². The van der Waals surface area contributed by atoms with Crippen LogP contribution in [0, 0.1) is 6.92 Å². The Morgan fingerprint density at radius 3 is 2.44 bits per heavy atom. The molecule has 0 unspecified atom stereocenters. The van der Waals surface area contributed by atoms with Crippen LogP contribution in [0.15, 0.2) is 29.1 Å². The number of nitrogens with one attached hydrogen (secondary N) is 2. The van der Waals surface area contributed by atoms with Crippen molar-refractivity contribution < 1.29 is 18.0 Å². The molecule has 1 aromatic carbocycles. The van der Waals surface area contributed by atoms with Crippen molar-refractivity contribution >= 4 is 22.8 Å². The average Bonchev–Trinajstić information content (AvgIpc) is 2.91. The Kier molecular flexibility index (Phi) is 4.50. The zero-order chi connectivity index (χ0) is 19.9. The van der Waals surface area contributed by atoms with Crippen LogP contribution in [-0.2, 0) is 11.0 Å². The Bertz CT molecular complexity index is 1070. The molecular weight excluding hydrogens is 363 g/mol. The van der Waals surface area contributed by atoms with Crippen molar-refractivity contribution in [3.63, 3.8) is 0 Å². The van der Waals surface area contributed by atoms with Crippen molar-refractivity contribution in [2.24, 2.45) is 0 Å². The highest BCUT2D eigenvalue weighted by molar-refractivity contribution is 5.97. The molecule has 0 aliphatic heterocycles. The molecule has 0 aliphatic carbocycles. The number of rotatable bonds is 3. The van der Waals surface area contributed by atoms with Crippen LogP contribution in [0.2, 0.25) is 0 Å². The average molecular weight is 379 g/mol. The number of alkyl halides is 3. The van der Waals surface area contributed by atoms with E-state index in [4.69, 9.17) is 0 Å². The predicted octanol–water partition coefficient (Wildman–Crippen LogP) is 3.01. The van der Waals surface area contributed by atoms with Gasteiger partial charge in [0.15, 0.2) is 11.5 Å². The van der Waals surface area contributed by atoms with Gasteiger partial charge in [0.05, 0.1) is 11.6 Å². The lowest BCUT2D eigenvalue weighted by atomic mass is 10.1. The minimum atomic E-state index is -4.43. The minimum absolute atomic E-state index is 0.0463. The molecule has 1 atom stereocenters. The second-order valence-corrected chi connectivity index (χ2v) is 6.12. The summed E-state index contributed by atoms with van der Waals surface area (Å²) in [5, 5.41) is 6.85. The molecule has 0 spiro atoms. The van der Waals surface area contributed by atoms with E-state index in [9.17, 15) is 22.8 Å². The molecule has 142 valence electrons. The largest absolute Gasteiger partial charge is 0.416 e. The molecule has 0 saturated heterocycles. The highest BCUT2D eigenvalue weighted by atomic mass is 19.4. The number of hydrogen-bond donors (Lipinski definition) is 2. The fraction of sp³-hybridized carbons (Fsp3) is 0.294. The van der Waals surface area contributed by atoms with Crippen molar-refractivity contribution in [2.45, 2.75) is 33.0 Å². The number of aryl methyl sites for hydroxylation is 1. The first-order chi connectivity index (χ1) is 12.6. The molecule has 3 rings (SSSR count). The predicted molar refractivity (Wildman–Crippen MR) is 92.4 cm³/mol. The normalized spacial score (nSPS) is 13.0. The van der Waals surface area contributed by atoms with E-state index >= 15 is 0 Å². The Hall–Kier alpha value is -3.17. The summed E-state index contributed by atoms with van der Waals surface area (Å²) in [6, 6.07) is 4.14. The van der Waals surface area contributed by atoms with Crippen molar-refractivity contribution in [3.8, 4) is 0 Å². The Balaban J connectivity index is 2.13. The highest BCUT2D eigenvalue weighted by Crippen LogP contribution is 2.31. The van der Waals surface area contributed by atoms with Gasteiger partial charge in [-0.2, -0.15) is 18.3 Å². The summed E-state index contributed by atoms with van der Waals surface area (Å²) in [6.45, 7) is 4.59. The van der Waals surface area contributed by atoms with Crippen LogP contribution >= 0.6 is 0 Å². The van der Waals surface area contributed by atoms with Crippen molar-refractivity contribution in [3.05, 3.63) is 51.6 Å². The first-order valence-corrected chi connectivity index (χ1v) is 8.02. The van der Waals surface area contributed by atoms with Gasteiger partial charge in [0.1, 0.15) is 11.2 Å². The van der Waals surface area contributed by atoms with E-state index in [1.54, 1.807) is 13.8 Å². The third kappa shape index (κ3) is 3.55. The number of halogens is 3. The first kappa shape index (κ1) is 18.6. The maximum absolute atomic E-state index is 12.8. The van der Waals surface area contributed by atoms with Gasteiger partial charge in [-0.3, -0.25) is 9.59 Å². The smallest absolute Gasteiger partial charge is 0.310 e. The summed E-state index contributed by atoms with van der Waals surface area (Å²) < 4.78 is 39.7. The molecule has 0 aliphatic rings. The van der Waals surface area contributed by atoms with Crippen molar-refractivity contribution in [1.82, 2.24) is 19.7 Å². The lowest BCUT2D eigenvalue weighted by Gasteiger charge is -2.15. The van der Waals surface area contributed by atoms with E-state index in [1.165, 1.54) is 23.7 Å². The third-order valence-corrected chi connectivity index (χ3v) is 4.06. The molecule has 0 radical (unpaired) electrons. The topological polar surface area (TPSA) is 92.7 Å². The summed E-state index contributed by atoms with van der Waals surface area (Å²) in [7, 11) is 0. The number of hydrogen-bond acceptors (Lipinski definition) is 4. The molecule has 1 amide bonds. The Morgan fingerprint density at radius 2 is 1.89 bits per heavy atom. The summed E-state index contributed by atoms with van der Waals surface area (Å²) in [6.07, 6.45) is -4.43. The van der Waals surface area contributed by atoms with Crippen LogP contribution in [0.5, 0.6) is 0 Å². The van der Waals surface area contributed by atoms with Gasteiger partial charge in [0.2, 0.25) is 5.91 Å². The number of carbonyl (C=O) groups is 1. The standard InChI is InChI=1S/C17H16F3N5O2/c1-8(11-4-6-12(7-5-11)17(18,19)20)25-15-13(14(24-25)23-10(3)26)16(27)22-9(2)21-15/h4-8H,1-3H3,(H,21,22,27)(H,23,24,26)/t8-/m1/s1. The van der Waals surface area contributed by atoms with Gasteiger partial charge in [-0.1, -0.05) is 12.1 Å². The van der Waals surface area contributed by atoms with E-state index in [-0.39, 0.29) is 16.9 Å². The van der Waals surface area contributed by atoms with Gasteiger partial charge >= 0.3 is 6.18 Å². The van der Waals surface area contributed by atoms with E-state index < -0.39 is 29.2 Å². The summed E-state index contributed by atoms with van der Waals surface area (Å²) >= 11 is 0. The maximum Gasteiger partial charge on any atom is 0.416 e. The van der Waals surface area contributed by atoms with Crippen molar-refractivity contribution in [2.75, 3.05) is 5.32 Å². The second kappa shape index (κ2) is 6.53. The molecule has 2 N–H and O–H groups in total.